The molecule has 12 heteroatoms. The van der Waals surface area contributed by atoms with Crippen molar-refractivity contribution in [2.45, 2.75) is 33.7 Å². The highest BCUT2D eigenvalue weighted by Crippen LogP contribution is 2.22. The molecule has 0 spiro atoms. The van der Waals surface area contributed by atoms with Gasteiger partial charge in [-0.05, 0) is 19.4 Å². The van der Waals surface area contributed by atoms with Crippen LogP contribution >= 0.6 is 22.7 Å². The van der Waals surface area contributed by atoms with Crippen molar-refractivity contribution in [2.75, 3.05) is 5.32 Å². The van der Waals surface area contributed by atoms with Gasteiger partial charge in [-0.25, -0.2) is 14.8 Å². The summed E-state index contributed by atoms with van der Waals surface area (Å²) in [5.74, 6) is -2.05. The zero-order valence-corrected chi connectivity index (χ0v) is 19.8. The number of thiazole rings is 2. The van der Waals surface area contributed by atoms with Gasteiger partial charge in [0.25, 0.3) is 11.8 Å². The molecule has 2 aromatic heterocycles. The number of carbonyl (C=O) groups is 4. The van der Waals surface area contributed by atoms with Crippen LogP contribution in [0, 0.1) is 13.8 Å². The van der Waals surface area contributed by atoms with Gasteiger partial charge in [0.05, 0.1) is 11.4 Å². The summed E-state index contributed by atoms with van der Waals surface area (Å²) in [4.78, 5) is 53.1. The largest absolute Gasteiger partial charge is 0.477 e. The van der Waals surface area contributed by atoms with Gasteiger partial charge in [0.1, 0.15) is 9.75 Å². The lowest BCUT2D eigenvalue weighted by Gasteiger charge is -2.03. The molecule has 10 nitrogen and oxygen atoms in total. The van der Waals surface area contributed by atoms with E-state index in [1.165, 1.54) is 0 Å². The molecule has 1 aromatic carbocycles. The molecule has 0 aliphatic heterocycles. The minimum Gasteiger partial charge on any atom is -0.477 e. The summed E-state index contributed by atoms with van der Waals surface area (Å²) >= 11 is 1.98. The van der Waals surface area contributed by atoms with Crippen molar-refractivity contribution in [3.05, 3.63) is 62.0 Å². The third-order valence-corrected chi connectivity index (χ3v) is 6.30. The molecule has 0 unspecified atom stereocenters. The van der Waals surface area contributed by atoms with Gasteiger partial charge in [0.2, 0.25) is 5.91 Å². The Balaban J connectivity index is 0.000000245. The van der Waals surface area contributed by atoms with Crippen molar-refractivity contribution in [1.29, 1.82) is 0 Å². The molecule has 5 N–H and O–H groups in total. The van der Waals surface area contributed by atoms with Crippen LogP contribution in [0.4, 0.5) is 5.13 Å². The van der Waals surface area contributed by atoms with Gasteiger partial charge < -0.3 is 21.5 Å². The fourth-order valence-electron chi connectivity index (χ4n) is 2.43. The number of nitrogens with zero attached hydrogens (tertiary/aromatic N) is 2. The van der Waals surface area contributed by atoms with Crippen LogP contribution < -0.4 is 16.4 Å². The maximum absolute atomic E-state index is 12.0. The number of rotatable bonds is 7. The molecular formula is C21H23N5O5S2. The number of aromatic carboxylic acids is 1. The molecule has 33 heavy (non-hydrogen) atoms. The lowest BCUT2D eigenvalue weighted by molar-refractivity contribution is -0.115. The normalized spacial score (nSPS) is 10.0. The molecule has 0 saturated carbocycles. The average Bonchev–Trinajstić information content (AvgIpc) is 3.35. The van der Waals surface area contributed by atoms with Crippen LogP contribution in [0.15, 0.2) is 30.3 Å². The fraction of sp³-hybridized carbons (Fsp3) is 0.238. The second-order valence-corrected chi connectivity index (χ2v) is 8.60. The number of benzene rings is 1. The number of nitrogens with one attached hydrogen (secondary N) is 2. The second kappa shape index (κ2) is 11.8. The standard InChI is InChI=1S/C13H13N3O2S.C8H10N2O3S/c1-8-10(19-13(16-8)11(14)17)12(18)15-7-9-5-3-2-4-6-9;1-3-5(11)10-8-9-4(2)6(14-8)7(12)13/h2-6H,7H2,1H3,(H2,14,17)(H,15,18);3H2,1-2H3,(H,12,13)(H,9,10,11). The van der Waals surface area contributed by atoms with E-state index >= 15 is 0 Å². The van der Waals surface area contributed by atoms with E-state index in [0.717, 1.165) is 28.2 Å². The average molecular weight is 490 g/mol. The summed E-state index contributed by atoms with van der Waals surface area (Å²) in [6, 6.07) is 9.58. The summed E-state index contributed by atoms with van der Waals surface area (Å²) < 4.78 is 0. The number of anilines is 1. The molecule has 0 aliphatic carbocycles. The minimum atomic E-state index is -1.02. The third kappa shape index (κ3) is 7.47. The Morgan fingerprint density at radius 1 is 1.00 bits per heavy atom. The van der Waals surface area contributed by atoms with Crippen LogP contribution in [0.25, 0.3) is 0 Å². The summed E-state index contributed by atoms with van der Waals surface area (Å²) in [6.45, 7) is 5.43. The molecule has 0 saturated heterocycles. The maximum atomic E-state index is 12.0. The van der Waals surface area contributed by atoms with Crippen LogP contribution in [0.5, 0.6) is 0 Å². The Bertz CT molecular complexity index is 1160. The topological polar surface area (TPSA) is 164 Å². The molecule has 0 fully saturated rings. The number of hydrogen-bond acceptors (Lipinski definition) is 8. The Labute approximate surface area is 197 Å². The van der Waals surface area contributed by atoms with Crippen LogP contribution in [0.1, 0.15) is 59.4 Å². The first-order chi connectivity index (χ1) is 15.6. The van der Waals surface area contributed by atoms with Crippen molar-refractivity contribution in [3.63, 3.8) is 0 Å². The van der Waals surface area contributed by atoms with E-state index in [1.807, 2.05) is 30.3 Å². The molecular weight excluding hydrogens is 466 g/mol. The predicted octanol–water partition coefficient (Wildman–Crippen LogP) is 2.98. The zero-order valence-electron chi connectivity index (χ0n) is 18.2. The molecule has 2 heterocycles. The van der Waals surface area contributed by atoms with Gasteiger partial charge >= 0.3 is 5.97 Å². The summed E-state index contributed by atoms with van der Waals surface area (Å²) in [7, 11) is 0. The molecule has 0 aliphatic rings. The van der Waals surface area contributed by atoms with Crippen LogP contribution in [-0.2, 0) is 11.3 Å². The molecule has 3 aromatic rings. The summed E-state index contributed by atoms with van der Waals surface area (Å²) in [5.41, 5.74) is 7.09. The summed E-state index contributed by atoms with van der Waals surface area (Å²) in [6.07, 6.45) is 0.348. The monoisotopic (exact) mass is 489 g/mol. The summed E-state index contributed by atoms with van der Waals surface area (Å²) in [5, 5.41) is 14.5. The lowest BCUT2D eigenvalue weighted by atomic mass is 10.2. The molecule has 0 atom stereocenters. The van der Waals surface area contributed by atoms with Crippen molar-refractivity contribution >= 4 is 51.5 Å². The fourth-order valence-corrected chi connectivity index (χ4v) is 4.08. The minimum absolute atomic E-state index is 0.155. The SMILES string of the molecule is CCC(=O)Nc1nc(C)c(C(=O)O)s1.Cc1nc(C(N)=O)sc1C(=O)NCc1ccccc1. The third-order valence-electron chi connectivity index (χ3n) is 4.07. The number of nitrogens with two attached hydrogens (primary N) is 1. The number of carboxylic acid groups (broad SMARTS) is 1. The first-order valence-electron chi connectivity index (χ1n) is 9.72. The Hall–Kier alpha value is -3.64. The second-order valence-electron chi connectivity index (χ2n) is 6.61. The number of carbonyl (C=O) groups excluding carboxylic acids is 3. The van der Waals surface area contributed by atoms with Gasteiger partial charge in [-0.15, -0.1) is 11.3 Å². The number of carboxylic acids is 1. The first-order valence-corrected chi connectivity index (χ1v) is 11.4. The first kappa shape index (κ1) is 25.6. The lowest BCUT2D eigenvalue weighted by Crippen LogP contribution is -2.22. The van der Waals surface area contributed by atoms with Crippen molar-refractivity contribution < 1.29 is 24.3 Å². The molecule has 3 rings (SSSR count). The quantitative estimate of drug-likeness (QED) is 0.396. The maximum Gasteiger partial charge on any atom is 0.347 e. The van der Waals surface area contributed by atoms with Gasteiger partial charge in [-0.1, -0.05) is 48.6 Å². The molecule has 3 amide bonds. The van der Waals surface area contributed by atoms with Gasteiger partial charge in [0.15, 0.2) is 10.1 Å². The zero-order chi connectivity index (χ0) is 24.5. The number of aryl methyl sites for hydroxylation is 2. The van der Waals surface area contributed by atoms with E-state index in [4.69, 9.17) is 10.8 Å². The van der Waals surface area contributed by atoms with Crippen molar-refractivity contribution in [1.82, 2.24) is 15.3 Å². The van der Waals surface area contributed by atoms with Crippen molar-refractivity contribution in [3.8, 4) is 0 Å². The molecule has 0 bridgehead atoms. The van der Waals surface area contributed by atoms with Crippen LogP contribution in [-0.4, -0.2) is 38.8 Å². The molecule has 0 radical (unpaired) electrons. The van der Waals surface area contributed by atoms with Gasteiger partial charge in [-0.2, -0.15) is 0 Å². The van der Waals surface area contributed by atoms with Crippen LogP contribution in [0.3, 0.4) is 0 Å². The van der Waals surface area contributed by atoms with E-state index in [0.29, 0.717) is 34.4 Å². The van der Waals surface area contributed by atoms with Gasteiger partial charge in [-0.3, -0.25) is 14.4 Å². The smallest absolute Gasteiger partial charge is 0.347 e. The highest BCUT2D eigenvalue weighted by Gasteiger charge is 2.17. The number of aromatic nitrogens is 2. The van der Waals surface area contributed by atoms with E-state index in [-0.39, 0.29) is 21.7 Å². The highest BCUT2D eigenvalue weighted by molar-refractivity contribution is 7.17. The Morgan fingerprint density at radius 2 is 1.64 bits per heavy atom. The highest BCUT2D eigenvalue weighted by atomic mass is 32.1. The Morgan fingerprint density at radius 3 is 2.15 bits per heavy atom. The van der Waals surface area contributed by atoms with Gasteiger partial charge in [0, 0.05) is 13.0 Å². The number of hydrogen-bond donors (Lipinski definition) is 4. The number of primary amides is 1. The van der Waals surface area contributed by atoms with E-state index in [1.54, 1.807) is 20.8 Å². The Kier molecular flexibility index (Phi) is 9.18. The van der Waals surface area contributed by atoms with Crippen LogP contribution in [0.2, 0.25) is 0 Å². The number of amides is 3. The van der Waals surface area contributed by atoms with E-state index in [9.17, 15) is 19.2 Å². The molecule has 174 valence electrons. The van der Waals surface area contributed by atoms with E-state index < -0.39 is 11.9 Å². The predicted molar refractivity (Wildman–Crippen MR) is 126 cm³/mol. The van der Waals surface area contributed by atoms with E-state index in [2.05, 4.69) is 20.6 Å². The van der Waals surface area contributed by atoms with Crippen molar-refractivity contribution in [2.24, 2.45) is 5.73 Å².